The van der Waals surface area contributed by atoms with Gasteiger partial charge in [-0.05, 0) is 62.2 Å². The Bertz CT molecular complexity index is 964. The Hall–Kier alpha value is -3.19. The maximum Gasteiger partial charge on any atom is 0.261 e. The van der Waals surface area contributed by atoms with Crippen LogP contribution in [0.25, 0.3) is 0 Å². The van der Waals surface area contributed by atoms with Gasteiger partial charge in [0.15, 0.2) is 0 Å². The van der Waals surface area contributed by atoms with Gasteiger partial charge in [-0.1, -0.05) is 30.7 Å². The van der Waals surface area contributed by atoms with Crippen LogP contribution in [-0.4, -0.2) is 60.8 Å². The van der Waals surface area contributed by atoms with Gasteiger partial charge in [-0.2, -0.15) is 0 Å². The molecule has 0 aromatic heterocycles. The zero-order chi connectivity index (χ0) is 23.2. The summed E-state index contributed by atoms with van der Waals surface area (Å²) in [6, 6.07) is 15.0. The molecule has 33 heavy (non-hydrogen) atoms. The number of nitrogens with zero attached hydrogens (tertiary/aromatic N) is 2. The summed E-state index contributed by atoms with van der Waals surface area (Å²) in [5, 5.41) is 3.07. The first-order chi connectivity index (χ1) is 16.1. The summed E-state index contributed by atoms with van der Waals surface area (Å²) in [6.07, 6.45) is 4.29. The summed E-state index contributed by atoms with van der Waals surface area (Å²) in [5.74, 6) is 0.192. The van der Waals surface area contributed by atoms with Gasteiger partial charge in [0.1, 0.15) is 5.75 Å². The summed E-state index contributed by atoms with van der Waals surface area (Å²) in [4.78, 5) is 41.2. The Labute approximate surface area is 194 Å². The van der Waals surface area contributed by atoms with Crippen molar-refractivity contribution < 1.29 is 19.1 Å². The fourth-order valence-corrected chi connectivity index (χ4v) is 4.65. The molecule has 1 fully saturated rings. The van der Waals surface area contributed by atoms with Gasteiger partial charge in [0.25, 0.3) is 11.8 Å². The van der Waals surface area contributed by atoms with Crippen molar-refractivity contribution in [2.45, 2.75) is 38.1 Å². The van der Waals surface area contributed by atoms with E-state index in [1.807, 2.05) is 12.1 Å². The van der Waals surface area contributed by atoms with Crippen LogP contribution in [0.4, 0.5) is 0 Å². The third-order valence-corrected chi connectivity index (χ3v) is 6.49. The minimum absolute atomic E-state index is 0.0675. The molecule has 2 heterocycles. The second-order valence-electron chi connectivity index (χ2n) is 8.60. The standard InChI is InChI=1S/C26H31N3O4/c1-33-20-13-11-19(12-14-20)23(28-15-5-2-6-16-28)18-27-24(30)10-7-17-29-25(31)21-8-3-4-9-22(21)26(29)32/h3-4,8-9,11-14,23H,2,5-7,10,15-18H2,1H3,(H,27,30)/t23-/m0/s1. The number of carbonyl (C=O) groups is 3. The van der Waals surface area contributed by atoms with Gasteiger partial charge in [-0.3, -0.25) is 24.2 Å². The predicted octanol–water partition coefficient (Wildman–Crippen LogP) is 3.41. The molecule has 0 spiro atoms. The number of carbonyl (C=O) groups excluding carboxylic acids is 3. The van der Waals surface area contributed by atoms with E-state index in [1.54, 1.807) is 31.4 Å². The first kappa shape index (κ1) is 23.0. The molecule has 0 radical (unpaired) electrons. The highest BCUT2D eigenvalue weighted by Crippen LogP contribution is 2.26. The molecule has 4 rings (SSSR count). The molecule has 7 heteroatoms. The summed E-state index contributed by atoms with van der Waals surface area (Å²) in [5.41, 5.74) is 2.04. The number of ether oxygens (including phenoxy) is 1. The van der Waals surface area contributed by atoms with Crippen LogP contribution in [0.15, 0.2) is 48.5 Å². The zero-order valence-corrected chi connectivity index (χ0v) is 19.1. The molecule has 1 N–H and O–H groups in total. The highest BCUT2D eigenvalue weighted by atomic mass is 16.5. The smallest absolute Gasteiger partial charge is 0.261 e. The summed E-state index contributed by atoms with van der Waals surface area (Å²) >= 11 is 0. The minimum Gasteiger partial charge on any atom is -0.497 e. The number of hydrogen-bond acceptors (Lipinski definition) is 5. The highest BCUT2D eigenvalue weighted by molar-refractivity contribution is 6.21. The van der Waals surface area contributed by atoms with Crippen LogP contribution >= 0.6 is 0 Å². The van der Waals surface area contributed by atoms with Crippen LogP contribution in [0.1, 0.15) is 64.4 Å². The van der Waals surface area contributed by atoms with Crippen molar-refractivity contribution >= 4 is 17.7 Å². The van der Waals surface area contributed by atoms with E-state index in [-0.39, 0.29) is 36.7 Å². The van der Waals surface area contributed by atoms with E-state index in [1.165, 1.54) is 24.2 Å². The van der Waals surface area contributed by atoms with E-state index in [2.05, 4.69) is 22.3 Å². The van der Waals surface area contributed by atoms with Crippen molar-refractivity contribution in [3.63, 3.8) is 0 Å². The third-order valence-electron chi connectivity index (χ3n) is 6.49. The molecule has 2 aromatic rings. The average Bonchev–Trinajstić information content (AvgIpc) is 3.10. The molecule has 2 aliphatic rings. The minimum atomic E-state index is -0.277. The number of fused-ring (bicyclic) bond motifs is 1. The van der Waals surface area contributed by atoms with Crippen molar-refractivity contribution in [1.29, 1.82) is 0 Å². The molecule has 1 saturated heterocycles. The van der Waals surface area contributed by atoms with Gasteiger partial charge in [0.05, 0.1) is 24.3 Å². The number of hydrogen-bond donors (Lipinski definition) is 1. The molecule has 2 aliphatic heterocycles. The normalized spacial score (nSPS) is 17.1. The van der Waals surface area contributed by atoms with Crippen LogP contribution in [0.2, 0.25) is 0 Å². The van der Waals surface area contributed by atoms with Gasteiger partial charge < -0.3 is 10.1 Å². The molecule has 2 aromatic carbocycles. The third kappa shape index (κ3) is 5.25. The first-order valence-electron chi connectivity index (χ1n) is 11.7. The first-order valence-corrected chi connectivity index (χ1v) is 11.7. The Balaban J connectivity index is 1.30. The molecule has 0 bridgehead atoms. The van der Waals surface area contributed by atoms with E-state index in [9.17, 15) is 14.4 Å². The fraction of sp³-hybridized carbons (Fsp3) is 0.423. The lowest BCUT2D eigenvalue weighted by molar-refractivity contribution is -0.121. The summed E-state index contributed by atoms with van der Waals surface area (Å²) < 4.78 is 5.28. The van der Waals surface area contributed by atoms with Gasteiger partial charge in [0.2, 0.25) is 5.91 Å². The lowest BCUT2D eigenvalue weighted by Crippen LogP contribution is -2.40. The molecule has 0 unspecified atom stereocenters. The topological polar surface area (TPSA) is 79.0 Å². The largest absolute Gasteiger partial charge is 0.497 e. The van der Waals surface area contributed by atoms with Crippen LogP contribution < -0.4 is 10.1 Å². The number of likely N-dealkylation sites (tertiary alicyclic amines) is 1. The molecule has 174 valence electrons. The van der Waals surface area contributed by atoms with E-state index in [0.717, 1.165) is 24.4 Å². The van der Waals surface area contributed by atoms with Gasteiger partial charge in [-0.25, -0.2) is 0 Å². The average molecular weight is 450 g/mol. The molecule has 0 saturated carbocycles. The molecule has 0 aliphatic carbocycles. The summed E-state index contributed by atoms with van der Waals surface area (Å²) in [7, 11) is 1.65. The highest BCUT2D eigenvalue weighted by Gasteiger charge is 2.34. The monoisotopic (exact) mass is 449 g/mol. The Kier molecular flexibility index (Phi) is 7.40. The number of methoxy groups -OCH3 is 1. The summed E-state index contributed by atoms with van der Waals surface area (Å²) in [6.45, 7) is 2.81. The van der Waals surface area contributed by atoms with Crippen LogP contribution in [0.3, 0.4) is 0 Å². The SMILES string of the molecule is COc1ccc([C@H](CNC(=O)CCCN2C(=O)c3ccccc3C2=O)N2CCCCC2)cc1. The van der Waals surface area contributed by atoms with Crippen molar-refractivity contribution in [3.05, 3.63) is 65.2 Å². The predicted molar refractivity (Wildman–Crippen MR) is 125 cm³/mol. The lowest BCUT2D eigenvalue weighted by atomic mass is 10.0. The number of imide groups is 1. The maximum absolute atomic E-state index is 12.6. The van der Waals surface area contributed by atoms with Crippen molar-refractivity contribution in [2.24, 2.45) is 0 Å². The Morgan fingerprint density at radius 1 is 0.970 bits per heavy atom. The molecule has 1 atom stereocenters. The van der Waals surface area contributed by atoms with Gasteiger partial charge in [-0.15, -0.1) is 0 Å². The number of benzene rings is 2. The van der Waals surface area contributed by atoms with Crippen LogP contribution in [0, 0.1) is 0 Å². The quantitative estimate of drug-likeness (QED) is 0.594. The van der Waals surface area contributed by atoms with Crippen LogP contribution in [0.5, 0.6) is 5.75 Å². The second kappa shape index (κ2) is 10.6. The fourth-order valence-electron chi connectivity index (χ4n) is 4.65. The van der Waals surface area contributed by atoms with Crippen molar-refractivity contribution in [2.75, 3.05) is 33.3 Å². The van der Waals surface area contributed by atoms with E-state index >= 15 is 0 Å². The van der Waals surface area contributed by atoms with E-state index < -0.39 is 0 Å². The van der Waals surface area contributed by atoms with Gasteiger partial charge in [0, 0.05) is 19.5 Å². The van der Waals surface area contributed by atoms with E-state index in [4.69, 9.17) is 4.74 Å². The Morgan fingerprint density at radius 3 is 2.21 bits per heavy atom. The van der Waals surface area contributed by atoms with Gasteiger partial charge >= 0.3 is 0 Å². The molecule has 7 nitrogen and oxygen atoms in total. The Morgan fingerprint density at radius 2 is 1.61 bits per heavy atom. The van der Waals surface area contributed by atoms with E-state index in [0.29, 0.717) is 24.1 Å². The number of rotatable bonds is 9. The number of amides is 3. The molecular formula is C26H31N3O4. The van der Waals surface area contributed by atoms with Crippen molar-refractivity contribution in [1.82, 2.24) is 15.1 Å². The second-order valence-corrected chi connectivity index (χ2v) is 8.60. The maximum atomic E-state index is 12.6. The zero-order valence-electron chi connectivity index (χ0n) is 19.1. The van der Waals surface area contributed by atoms with Crippen molar-refractivity contribution in [3.8, 4) is 5.75 Å². The number of nitrogens with one attached hydrogen (secondary N) is 1. The molecule has 3 amide bonds. The number of piperidine rings is 1. The molecular weight excluding hydrogens is 418 g/mol. The lowest BCUT2D eigenvalue weighted by Gasteiger charge is -2.35. The van der Waals surface area contributed by atoms with Crippen LogP contribution in [-0.2, 0) is 4.79 Å².